The number of nitrogen functional groups attached to an aromatic ring is 1. The highest BCUT2D eigenvalue weighted by atomic mass is 16.3. The average Bonchev–Trinajstić information content (AvgIpc) is 3.20. The molecule has 4 N–H and O–H groups in total. The molecule has 26 heavy (non-hydrogen) atoms. The van der Waals surface area contributed by atoms with E-state index in [0.717, 1.165) is 18.5 Å². The van der Waals surface area contributed by atoms with Crippen molar-refractivity contribution in [1.82, 2.24) is 9.97 Å². The van der Waals surface area contributed by atoms with Gasteiger partial charge < -0.3 is 20.8 Å². The summed E-state index contributed by atoms with van der Waals surface area (Å²) in [6.07, 6.45) is 3.55. The van der Waals surface area contributed by atoms with Gasteiger partial charge in [-0.2, -0.15) is 10.2 Å². The lowest BCUT2D eigenvalue weighted by molar-refractivity contribution is 0.579. The van der Waals surface area contributed by atoms with Gasteiger partial charge in [0, 0.05) is 18.3 Å². The molecule has 2 aromatic heterocycles. The second-order valence-electron chi connectivity index (χ2n) is 6.16. The molecule has 0 spiro atoms. The van der Waals surface area contributed by atoms with E-state index in [4.69, 9.17) is 10.2 Å². The maximum Gasteiger partial charge on any atom is 0.222 e. The summed E-state index contributed by atoms with van der Waals surface area (Å²) in [5.41, 5.74) is 9.04. The van der Waals surface area contributed by atoms with E-state index in [1.54, 1.807) is 12.1 Å². The van der Waals surface area contributed by atoms with Gasteiger partial charge in [0.2, 0.25) is 5.95 Å². The number of rotatable bonds is 4. The number of nitrogens with two attached hydrogens (primary N) is 1. The van der Waals surface area contributed by atoms with Gasteiger partial charge in [0.1, 0.15) is 23.1 Å². The van der Waals surface area contributed by atoms with Crippen LogP contribution in [0.15, 0.2) is 47.1 Å². The molecule has 7 nitrogen and oxygen atoms in total. The van der Waals surface area contributed by atoms with Crippen LogP contribution in [0.25, 0.3) is 11.5 Å². The highest BCUT2D eigenvalue weighted by Crippen LogP contribution is 2.28. The number of para-hydroxylation sites is 1. The smallest absolute Gasteiger partial charge is 0.222 e. The van der Waals surface area contributed by atoms with E-state index in [1.165, 1.54) is 11.8 Å². The summed E-state index contributed by atoms with van der Waals surface area (Å²) in [7, 11) is 0. The number of hydrogen-bond donors (Lipinski definition) is 3. The first-order chi connectivity index (χ1) is 12.7. The lowest BCUT2D eigenvalue weighted by atomic mass is 9.98. The number of aryl methyl sites for hydroxylation is 1. The number of furan rings is 1. The van der Waals surface area contributed by atoms with Gasteiger partial charge in [-0.25, -0.2) is 4.98 Å². The zero-order valence-electron chi connectivity index (χ0n) is 14.1. The van der Waals surface area contributed by atoms with Gasteiger partial charge in [-0.05, 0) is 36.6 Å². The summed E-state index contributed by atoms with van der Waals surface area (Å²) in [6, 6.07) is 14.2. The largest absolute Gasteiger partial charge is 0.463 e. The first kappa shape index (κ1) is 16.0. The van der Waals surface area contributed by atoms with Crippen LogP contribution in [0, 0.1) is 11.3 Å². The summed E-state index contributed by atoms with van der Waals surface area (Å²) in [6.45, 7) is 0.622. The summed E-state index contributed by atoms with van der Waals surface area (Å²) >= 11 is 0. The lowest BCUT2D eigenvalue weighted by Gasteiger charge is -2.27. The summed E-state index contributed by atoms with van der Waals surface area (Å²) in [4.78, 5) is 8.37. The van der Waals surface area contributed by atoms with Gasteiger partial charge in [-0.1, -0.05) is 18.2 Å². The molecule has 0 saturated heterocycles. The molecule has 0 amide bonds. The minimum absolute atomic E-state index is 0.0971. The van der Waals surface area contributed by atoms with Crippen LogP contribution in [0.3, 0.4) is 0 Å². The quantitative estimate of drug-likeness (QED) is 0.665. The third-order valence-corrected chi connectivity index (χ3v) is 4.45. The zero-order chi connectivity index (χ0) is 17.9. The molecule has 4 rings (SSSR count). The minimum Gasteiger partial charge on any atom is -0.463 e. The average molecular weight is 346 g/mol. The van der Waals surface area contributed by atoms with Gasteiger partial charge in [0.05, 0.1) is 6.26 Å². The molecule has 0 aliphatic carbocycles. The second kappa shape index (κ2) is 6.76. The van der Waals surface area contributed by atoms with Crippen molar-refractivity contribution < 1.29 is 4.42 Å². The Morgan fingerprint density at radius 1 is 1.27 bits per heavy atom. The Bertz CT molecular complexity index is 961. The third-order valence-electron chi connectivity index (χ3n) is 4.45. The van der Waals surface area contributed by atoms with E-state index < -0.39 is 0 Å². The van der Waals surface area contributed by atoms with E-state index >= 15 is 0 Å². The van der Waals surface area contributed by atoms with Crippen LogP contribution in [0.5, 0.6) is 0 Å². The van der Waals surface area contributed by atoms with Gasteiger partial charge in [-0.3, -0.25) is 0 Å². The van der Waals surface area contributed by atoms with Crippen LogP contribution >= 0.6 is 0 Å². The fourth-order valence-electron chi connectivity index (χ4n) is 3.18. The Kier molecular flexibility index (Phi) is 4.15. The predicted octanol–water partition coefficient (Wildman–Crippen LogP) is 3.03. The highest BCUT2D eigenvalue weighted by molar-refractivity contribution is 5.71. The van der Waals surface area contributed by atoms with Crippen molar-refractivity contribution in [3.05, 3.63) is 53.8 Å². The zero-order valence-corrected chi connectivity index (χ0v) is 14.1. The number of nitriles is 1. The normalized spacial score (nSPS) is 15.6. The molecule has 3 aromatic rings. The monoisotopic (exact) mass is 346 g/mol. The molecular formula is C19H18N6O. The van der Waals surface area contributed by atoms with Crippen LogP contribution in [0.2, 0.25) is 0 Å². The molecule has 1 aliphatic rings. The van der Waals surface area contributed by atoms with Gasteiger partial charge >= 0.3 is 0 Å². The highest BCUT2D eigenvalue weighted by Gasteiger charge is 2.20. The van der Waals surface area contributed by atoms with Crippen molar-refractivity contribution in [2.24, 2.45) is 0 Å². The molecule has 0 saturated carbocycles. The maximum absolute atomic E-state index is 9.59. The molecule has 0 bridgehead atoms. The topological polar surface area (TPSA) is 113 Å². The second-order valence-corrected chi connectivity index (χ2v) is 6.16. The number of nitrogens with one attached hydrogen (secondary N) is 2. The lowest BCUT2D eigenvalue weighted by Crippen LogP contribution is -2.32. The van der Waals surface area contributed by atoms with Crippen molar-refractivity contribution in [3.8, 4) is 17.5 Å². The van der Waals surface area contributed by atoms with Crippen LogP contribution in [0.1, 0.15) is 17.5 Å². The van der Waals surface area contributed by atoms with Gasteiger partial charge in [0.15, 0.2) is 5.76 Å². The van der Waals surface area contributed by atoms with Crippen molar-refractivity contribution in [1.29, 1.82) is 5.26 Å². The molecular weight excluding hydrogens is 328 g/mol. The molecule has 1 aliphatic heterocycles. The molecule has 130 valence electrons. The van der Waals surface area contributed by atoms with E-state index in [9.17, 15) is 5.26 Å². The Hall–Kier alpha value is -3.53. The fourth-order valence-corrected chi connectivity index (χ4v) is 3.18. The van der Waals surface area contributed by atoms with Crippen molar-refractivity contribution in [2.45, 2.75) is 18.9 Å². The summed E-state index contributed by atoms with van der Waals surface area (Å²) < 4.78 is 5.37. The van der Waals surface area contributed by atoms with Gasteiger partial charge in [0.25, 0.3) is 0 Å². The van der Waals surface area contributed by atoms with E-state index in [1.807, 2.05) is 6.07 Å². The van der Waals surface area contributed by atoms with Crippen molar-refractivity contribution in [3.63, 3.8) is 0 Å². The summed E-state index contributed by atoms with van der Waals surface area (Å²) in [5.74, 6) is 1.01. The number of benzene rings is 1. The number of fused-ring (bicyclic) bond motifs is 1. The van der Waals surface area contributed by atoms with Crippen LogP contribution in [0.4, 0.5) is 17.5 Å². The molecule has 1 aromatic carbocycles. The first-order valence-corrected chi connectivity index (χ1v) is 8.44. The first-order valence-electron chi connectivity index (χ1n) is 8.44. The predicted molar refractivity (Wildman–Crippen MR) is 99.5 cm³/mol. The Morgan fingerprint density at radius 3 is 2.96 bits per heavy atom. The van der Waals surface area contributed by atoms with E-state index in [0.29, 0.717) is 29.4 Å². The van der Waals surface area contributed by atoms with Crippen molar-refractivity contribution >= 4 is 17.5 Å². The minimum atomic E-state index is 0.0971. The Morgan fingerprint density at radius 2 is 2.15 bits per heavy atom. The molecule has 0 fully saturated rings. The number of aromatic nitrogens is 2. The third kappa shape index (κ3) is 3.05. The van der Waals surface area contributed by atoms with E-state index in [2.05, 4.69) is 44.9 Å². The van der Waals surface area contributed by atoms with Crippen LogP contribution in [-0.2, 0) is 6.42 Å². The standard InChI is InChI=1S/C19H18N6O/c20-10-14-17(16-6-3-9-26-16)24-19(21)25-18(14)22-11-13-8-7-12-4-1-2-5-15(12)23-13/h1-6,9,13,23H,7-8,11H2,(H3,21,22,24,25). The van der Waals surface area contributed by atoms with Gasteiger partial charge in [-0.15, -0.1) is 0 Å². The number of nitrogens with zero attached hydrogens (tertiary/aromatic N) is 3. The summed E-state index contributed by atoms with van der Waals surface area (Å²) in [5, 5.41) is 16.4. The van der Waals surface area contributed by atoms with Crippen LogP contribution < -0.4 is 16.4 Å². The molecule has 7 heteroatoms. The fraction of sp³-hybridized carbons (Fsp3) is 0.211. The number of anilines is 3. The molecule has 0 radical (unpaired) electrons. The SMILES string of the molecule is N#Cc1c(NCC2CCc3ccccc3N2)nc(N)nc1-c1ccco1. The Balaban J connectivity index is 1.55. The molecule has 3 heterocycles. The number of hydrogen-bond acceptors (Lipinski definition) is 7. The molecule has 1 unspecified atom stereocenters. The molecule has 1 atom stereocenters. The maximum atomic E-state index is 9.59. The Labute approximate surface area is 150 Å². The van der Waals surface area contributed by atoms with E-state index in [-0.39, 0.29) is 12.0 Å². The van der Waals surface area contributed by atoms with Crippen LogP contribution in [-0.4, -0.2) is 22.6 Å². The van der Waals surface area contributed by atoms with Crippen molar-refractivity contribution in [2.75, 3.05) is 22.9 Å².